The summed E-state index contributed by atoms with van der Waals surface area (Å²) in [6, 6.07) is 0. The number of nitrogens with one attached hydrogen (secondary N) is 1. The monoisotopic (exact) mass is 256 g/mol. The van der Waals surface area contributed by atoms with E-state index in [0.29, 0.717) is 12.0 Å². The highest BCUT2D eigenvalue weighted by Gasteiger charge is 2.36. The first kappa shape index (κ1) is 13.0. The maximum atomic E-state index is 11.7. The second-order valence-corrected chi connectivity index (χ2v) is 4.30. The molecule has 0 aromatic carbocycles. The van der Waals surface area contributed by atoms with Crippen molar-refractivity contribution < 1.29 is 14.6 Å². The number of nitrogens with zero attached hydrogens (tertiary/aromatic N) is 1. The predicted molar refractivity (Wildman–Crippen MR) is 62.5 cm³/mol. The zero-order valence-corrected chi connectivity index (χ0v) is 10.3. The molecule has 1 saturated heterocycles. The maximum absolute atomic E-state index is 11.7. The molecule has 1 aliphatic heterocycles. The standard InChI is InChI=1S/C11H16N2O5/c1-6-4-13(11(16)12-10(6)15)9-3-7(17-2)8(5-14)18-9/h4,7-9,14H,3,5H2,1-2H3,(H,12,15,16)/t7-,8-,9-/m0/s1. The number of methoxy groups -OCH3 is 1. The summed E-state index contributed by atoms with van der Waals surface area (Å²) in [6.07, 6.45) is 0.652. The Labute approximate surface area is 103 Å². The van der Waals surface area contributed by atoms with Gasteiger partial charge in [0.15, 0.2) is 0 Å². The van der Waals surface area contributed by atoms with Crippen LogP contribution in [0.4, 0.5) is 0 Å². The first-order valence-corrected chi connectivity index (χ1v) is 5.68. The molecule has 2 N–H and O–H groups in total. The highest BCUT2D eigenvalue weighted by Crippen LogP contribution is 2.29. The number of aliphatic hydroxyl groups is 1. The summed E-state index contributed by atoms with van der Waals surface area (Å²) in [5.41, 5.74) is -0.500. The number of hydrogen-bond acceptors (Lipinski definition) is 5. The third kappa shape index (κ3) is 2.24. The van der Waals surface area contributed by atoms with Crippen LogP contribution in [-0.4, -0.2) is 40.6 Å². The summed E-state index contributed by atoms with van der Waals surface area (Å²) >= 11 is 0. The minimum absolute atomic E-state index is 0.175. The summed E-state index contributed by atoms with van der Waals surface area (Å²) in [7, 11) is 1.53. The fourth-order valence-electron chi connectivity index (χ4n) is 2.08. The quantitative estimate of drug-likeness (QED) is 0.734. The van der Waals surface area contributed by atoms with Crippen molar-refractivity contribution >= 4 is 0 Å². The van der Waals surface area contributed by atoms with Gasteiger partial charge in [0.1, 0.15) is 12.3 Å². The van der Waals surface area contributed by atoms with Crippen LogP contribution >= 0.6 is 0 Å². The van der Waals surface area contributed by atoms with Crippen molar-refractivity contribution in [1.82, 2.24) is 9.55 Å². The molecule has 0 unspecified atom stereocenters. The van der Waals surface area contributed by atoms with Gasteiger partial charge in [0.05, 0.1) is 12.7 Å². The Balaban J connectivity index is 2.31. The summed E-state index contributed by atoms with van der Waals surface area (Å²) in [6.45, 7) is 1.44. The molecule has 0 saturated carbocycles. The smallest absolute Gasteiger partial charge is 0.330 e. The normalized spacial score (nSPS) is 27.6. The molecular formula is C11H16N2O5. The van der Waals surface area contributed by atoms with Gasteiger partial charge in [0.2, 0.25) is 0 Å². The van der Waals surface area contributed by atoms with Crippen LogP contribution in [0, 0.1) is 6.92 Å². The Hall–Kier alpha value is -1.44. The molecule has 7 nitrogen and oxygen atoms in total. The Morgan fingerprint density at radius 3 is 2.89 bits per heavy atom. The lowest BCUT2D eigenvalue weighted by Gasteiger charge is -2.14. The van der Waals surface area contributed by atoms with Gasteiger partial charge in [-0.2, -0.15) is 0 Å². The molecule has 0 bridgehead atoms. The van der Waals surface area contributed by atoms with Crippen molar-refractivity contribution in [3.63, 3.8) is 0 Å². The molecular weight excluding hydrogens is 240 g/mol. The van der Waals surface area contributed by atoms with Gasteiger partial charge in [0, 0.05) is 25.3 Å². The van der Waals surface area contributed by atoms with Crippen LogP contribution in [0.2, 0.25) is 0 Å². The fourth-order valence-corrected chi connectivity index (χ4v) is 2.08. The molecule has 0 amide bonds. The van der Waals surface area contributed by atoms with Crippen molar-refractivity contribution in [3.8, 4) is 0 Å². The second kappa shape index (κ2) is 5.05. The van der Waals surface area contributed by atoms with Gasteiger partial charge < -0.3 is 14.6 Å². The van der Waals surface area contributed by atoms with Crippen molar-refractivity contribution in [1.29, 1.82) is 0 Å². The zero-order chi connectivity index (χ0) is 13.3. The van der Waals surface area contributed by atoms with Gasteiger partial charge in [-0.1, -0.05) is 0 Å². The molecule has 2 heterocycles. The molecule has 18 heavy (non-hydrogen) atoms. The lowest BCUT2D eigenvalue weighted by atomic mass is 10.2. The number of aliphatic hydroxyl groups excluding tert-OH is 1. The Morgan fingerprint density at radius 1 is 1.61 bits per heavy atom. The summed E-state index contributed by atoms with van der Waals surface area (Å²) in [4.78, 5) is 25.2. The number of H-pyrrole nitrogens is 1. The summed E-state index contributed by atoms with van der Waals surface area (Å²) in [5.74, 6) is 0. The number of rotatable bonds is 3. The minimum Gasteiger partial charge on any atom is -0.394 e. The van der Waals surface area contributed by atoms with Gasteiger partial charge in [-0.05, 0) is 6.92 Å². The molecule has 100 valence electrons. The van der Waals surface area contributed by atoms with Gasteiger partial charge in [-0.3, -0.25) is 14.3 Å². The summed E-state index contributed by atoms with van der Waals surface area (Å²) in [5, 5.41) is 9.15. The maximum Gasteiger partial charge on any atom is 0.330 e. The first-order chi connectivity index (χ1) is 8.56. The number of aromatic amines is 1. The molecule has 7 heteroatoms. The minimum atomic E-state index is -0.532. The zero-order valence-electron chi connectivity index (χ0n) is 10.3. The topological polar surface area (TPSA) is 93.6 Å². The Morgan fingerprint density at radius 2 is 2.33 bits per heavy atom. The molecule has 1 aliphatic rings. The van der Waals surface area contributed by atoms with Crippen LogP contribution < -0.4 is 11.2 Å². The number of aryl methyl sites for hydroxylation is 1. The van der Waals surface area contributed by atoms with E-state index in [2.05, 4.69) is 4.98 Å². The number of aromatic nitrogens is 2. The van der Waals surface area contributed by atoms with Crippen molar-refractivity contribution in [2.45, 2.75) is 31.8 Å². The average molecular weight is 256 g/mol. The molecule has 0 aliphatic carbocycles. The van der Waals surface area contributed by atoms with E-state index in [1.54, 1.807) is 6.92 Å². The van der Waals surface area contributed by atoms with Crippen LogP contribution in [-0.2, 0) is 9.47 Å². The van der Waals surface area contributed by atoms with E-state index in [-0.39, 0.29) is 12.7 Å². The van der Waals surface area contributed by atoms with Crippen LogP contribution in [0.1, 0.15) is 18.2 Å². The van der Waals surface area contributed by atoms with E-state index in [9.17, 15) is 9.59 Å². The molecule has 1 aromatic heterocycles. The first-order valence-electron chi connectivity index (χ1n) is 5.68. The highest BCUT2D eigenvalue weighted by molar-refractivity contribution is 5.02. The van der Waals surface area contributed by atoms with Gasteiger partial charge >= 0.3 is 5.69 Å². The molecule has 0 radical (unpaired) electrons. The molecule has 3 atom stereocenters. The van der Waals surface area contributed by atoms with Gasteiger partial charge in [0.25, 0.3) is 5.56 Å². The van der Waals surface area contributed by atoms with Crippen molar-refractivity contribution in [2.75, 3.05) is 13.7 Å². The van der Waals surface area contributed by atoms with Crippen LogP contribution in [0.3, 0.4) is 0 Å². The molecule has 1 fully saturated rings. The third-order valence-corrected chi connectivity index (χ3v) is 3.12. The van der Waals surface area contributed by atoms with Crippen LogP contribution in [0.5, 0.6) is 0 Å². The summed E-state index contributed by atoms with van der Waals surface area (Å²) < 4.78 is 12.0. The SMILES string of the molecule is CO[C@H]1C[C@@H](n2cc(C)c(=O)[nH]c2=O)O[C@H]1CO. The van der Waals surface area contributed by atoms with Gasteiger partial charge in [-0.25, -0.2) is 4.79 Å². The fraction of sp³-hybridized carbons (Fsp3) is 0.636. The van der Waals surface area contributed by atoms with E-state index in [1.165, 1.54) is 17.9 Å². The molecule has 2 rings (SSSR count). The highest BCUT2D eigenvalue weighted by atomic mass is 16.6. The average Bonchev–Trinajstić information content (AvgIpc) is 2.76. The Bertz CT molecular complexity index is 523. The van der Waals surface area contributed by atoms with Crippen LogP contribution in [0.25, 0.3) is 0 Å². The second-order valence-electron chi connectivity index (χ2n) is 4.30. The molecule has 1 aromatic rings. The lowest BCUT2D eigenvalue weighted by Crippen LogP contribution is -2.33. The Kier molecular flexibility index (Phi) is 3.65. The van der Waals surface area contributed by atoms with Crippen molar-refractivity contribution in [3.05, 3.63) is 32.6 Å². The molecule has 0 spiro atoms. The van der Waals surface area contributed by atoms with E-state index in [1.807, 2.05) is 0 Å². The number of ether oxygens (including phenoxy) is 2. The largest absolute Gasteiger partial charge is 0.394 e. The van der Waals surface area contributed by atoms with E-state index < -0.39 is 23.6 Å². The predicted octanol–water partition coefficient (Wildman–Crippen LogP) is -0.860. The third-order valence-electron chi connectivity index (χ3n) is 3.12. The number of hydrogen-bond donors (Lipinski definition) is 2. The van der Waals surface area contributed by atoms with E-state index >= 15 is 0 Å². The lowest BCUT2D eigenvalue weighted by molar-refractivity contribution is -0.0535. The van der Waals surface area contributed by atoms with E-state index in [4.69, 9.17) is 14.6 Å². The van der Waals surface area contributed by atoms with Crippen LogP contribution in [0.15, 0.2) is 15.8 Å². The van der Waals surface area contributed by atoms with E-state index in [0.717, 1.165) is 0 Å². The van der Waals surface area contributed by atoms with Crippen molar-refractivity contribution in [2.24, 2.45) is 0 Å². The van der Waals surface area contributed by atoms with Gasteiger partial charge in [-0.15, -0.1) is 0 Å².